The molecule has 1 atom stereocenters. The lowest BCUT2D eigenvalue weighted by molar-refractivity contribution is -0.123. The molecule has 0 saturated carbocycles. The largest absolute Gasteiger partial charge is 0.326 e. The Balaban J connectivity index is 1.59. The average Bonchev–Trinajstić information content (AvgIpc) is 3.12. The predicted octanol–water partition coefficient (Wildman–Crippen LogP) is 4.00. The third-order valence-electron chi connectivity index (χ3n) is 5.06. The minimum absolute atomic E-state index is 0.0294. The summed E-state index contributed by atoms with van der Waals surface area (Å²) in [6.45, 7) is 5.88. The Labute approximate surface area is 163 Å². The predicted molar refractivity (Wildman–Crippen MR) is 109 cm³/mol. The monoisotopic (exact) mass is 374 g/mol. The summed E-state index contributed by atoms with van der Waals surface area (Å²) in [5.41, 5.74) is 5.61. The fourth-order valence-corrected chi connectivity index (χ4v) is 3.54. The van der Waals surface area contributed by atoms with Crippen molar-refractivity contribution in [2.45, 2.75) is 33.2 Å². The number of fused-ring (bicyclic) bond motifs is 1. The zero-order valence-corrected chi connectivity index (χ0v) is 16.1. The smallest absolute Gasteiger partial charge is 0.251 e. The van der Waals surface area contributed by atoms with E-state index in [0.29, 0.717) is 5.82 Å². The fourth-order valence-electron chi connectivity index (χ4n) is 3.54. The van der Waals surface area contributed by atoms with Crippen molar-refractivity contribution in [2.75, 3.05) is 10.6 Å². The number of anilines is 2. The molecule has 2 N–H and O–H groups in total. The van der Waals surface area contributed by atoms with Crippen LogP contribution in [0.5, 0.6) is 0 Å². The maximum absolute atomic E-state index is 12.5. The molecule has 4 rings (SSSR count). The molecule has 1 unspecified atom stereocenters. The second kappa shape index (κ2) is 6.96. The molecule has 0 aliphatic carbocycles. The minimum atomic E-state index is -0.656. The molecule has 6 heteroatoms. The lowest BCUT2D eigenvalue weighted by atomic mass is 10.0. The number of carbonyl (C=O) groups excluding carboxylic acids is 2. The first kappa shape index (κ1) is 18.0. The molecule has 0 saturated heterocycles. The molecule has 1 aliphatic rings. The van der Waals surface area contributed by atoms with Crippen LogP contribution < -0.4 is 10.6 Å². The summed E-state index contributed by atoms with van der Waals surface area (Å²) in [5.74, 6) is 0.225. The van der Waals surface area contributed by atoms with Gasteiger partial charge < -0.3 is 10.6 Å². The van der Waals surface area contributed by atoms with E-state index in [1.807, 2.05) is 69.3 Å². The zero-order valence-electron chi connectivity index (χ0n) is 16.1. The minimum Gasteiger partial charge on any atom is -0.326 e. The van der Waals surface area contributed by atoms with E-state index in [1.54, 1.807) is 4.68 Å². The SMILES string of the molecule is Cc1ccc(-c2c(C)nn3c2NC(=O)C3CC(=O)Nc2ccccc2C)cc1. The molecule has 0 radical (unpaired) electrons. The van der Waals surface area contributed by atoms with Crippen LogP contribution in [-0.4, -0.2) is 21.6 Å². The third kappa shape index (κ3) is 3.17. The number of hydrogen-bond acceptors (Lipinski definition) is 3. The number of para-hydroxylation sites is 1. The lowest BCUT2D eigenvalue weighted by Crippen LogP contribution is -2.24. The zero-order chi connectivity index (χ0) is 19.8. The second-order valence-corrected chi connectivity index (χ2v) is 7.19. The highest BCUT2D eigenvalue weighted by Crippen LogP contribution is 2.38. The molecule has 1 aromatic heterocycles. The standard InChI is InChI=1S/C22H22N4O2/c1-13-8-10-16(11-9-13)20-15(3)25-26-18(22(28)24-21(20)26)12-19(27)23-17-7-5-4-6-14(17)2/h4-11,18H,12H2,1-3H3,(H,23,27)(H,24,28). The molecule has 142 valence electrons. The van der Waals surface area contributed by atoms with Gasteiger partial charge in [0.25, 0.3) is 5.91 Å². The summed E-state index contributed by atoms with van der Waals surface area (Å²) in [5, 5.41) is 10.4. The van der Waals surface area contributed by atoms with Gasteiger partial charge >= 0.3 is 0 Å². The maximum Gasteiger partial charge on any atom is 0.251 e. The van der Waals surface area contributed by atoms with Crippen molar-refractivity contribution in [3.63, 3.8) is 0 Å². The second-order valence-electron chi connectivity index (χ2n) is 7.19. The van der Waals surface area contributed by atoms with Crippen LogP contribution in [0, 0.1) is 20.8 Å². The van der Waals surface area contributed by atoms with Gasteiger partial charge in [-0.3, -0.25) is 9.59 Å². The van der Waals surface area contributed by atoms with Crippen LogP contribution in [0.3, 0.4) is 0 Å². The number of nitrogens with zero attached hydrogens (tertiary/aromatic N) is 2. The van der Waals surface area contributed by atoms with E-state index in [1.165, 1.54) is 5.56 Å². The number of amides is 2. The summed E-state index contributed by atoms with van der Waals surface area (Å²) in [4.78, 5) is 25.1. The Morgan fingerprint density at radius 2 is 1.82 bits per heavy atom. The third-order valence-corrected chi connectivity index (χ3v) is 5.06. The maximum atomic E-state index is 12.5. The van der Waals surface area contributed by atoms with Gasteiger partial charge in [-0.25, -0.2) is 4.68 Å². The van der Waals surface area contributed by atoms with Crippen molar-refractivity contribution in [3.8, 4) is 11.1 Å². The van der Waals surface area contributed by atoms with Crippen LogP contribution in [0.4, 0.5) is 11.5 Å². The molecule has 0 bridgehead atoms. The van der Waals surface area contributed by atoms with Crippen molar-refractivity contribution >= 4 is 23.3 Å². The van der Waals surface area contributed by atoms with Gasteiger partial charge in [0.05, 0.1) is 12.1 Å². The number of aryl methyl sites for hydroxylation is 3. The van der Waals surface area contributed by atoms with Crippen LogP contribution in [0.15, 0.2) is 48.5 Å². The highest BCUT2D eigenvalue weighted by atomic mass is 16.2. The first-order valence-electron chi connectivity index (χ1n) is 9.26. The van der Waals surface area contributed by atoms with E-state index in [2.05, 4.69) is 15.7 Å². The molecule has 0 fully saturated rings. The Morgan fingerprint density at radius 3 is 2.54 bits per heavy atom. The van der Waals surface area contributed by atoms with E-state index < -0.39 is 6.04 Å². The Kier molecular flexibility index (Phi) is 4.47. The molecule has 2 amide bonds. The van der Waals surface area contributed by atoms with Crippen molar-refractivity contribution in [1.82, 2.24) is 9.78 Å². The van der Waals surface area contributed by atoms with E-state index in [4.69, 9.17) is 0 Å². The Hall–Kier alpha value is -3.41. The highest BCUT2D eigenvalue weighted by molar-refractivity contribution is 6.04. The topological polar surface area (TPSA) is 76.0 Å². The molecule has 2 aromatic carbocycles. The lowest BCUT2D eigenvalue weighted by Gasteiger charge is -2.11. The highest BCUT2D eigenvalue weighted by Gasteiger charge is 2.36. The summed E-state index contributed by atoms with van der Waals surface area (Å²) in [6.07, 6.45) is 0.0294. The van der Waals surface area contributed by atoms with Gasteiger partial charge in [0.1, 0.15) is 11.9 Å². The van der Waals surface area contributed by atoms with Gasteiger partial charge in [-0.15, -0.1) is 0 Å². The summed E-state index contributed by atoms with van der Waals surface area (Å²) in [6, 6.07) is 15.0. The van der Waals surface area contributed by atoms with Crippen molar-refractivity contribution in [1.29, 1.82) is 0 Å². The first-order valence-corrected chi connectivity index (χ1v) is 9.26. The van der Waals surface area contributed by atoms with Crippen molar-refractivity contribution in [3.05, 3.63) is 65.4 Å². The van der Waals surface area contributed by atoms with Crippen LogP contribution in [-0.2, 0) is 9.59 Å². The van der Waals surface area contributed by atoms with E-state index in [-0.39, 0.29) is 18.2 Å². The van der Waals surface area contributed by atoms with Gasteiger partial charge in [0.2, 0.25) is 5.91 Å². The van der Waals surface area contributed by atoms with Gasteiger partial charge in [-0.05, 0) is 38.0 Å². The molecule has 3 aromatic rings. The average molecular weight is 374 g/mol. The normalized spacial score (nSPS) is 15.2. The number of rotatable bonds is 4. The van der Waals surface area contributed by atoms with Crippen molar-refractivity contribution in [2.24, 2.45) is 0 Å². The fraction of sp³-hybridized carbons (Fsp3) is 0.227. The van der Waals surface area contributed by atoms with E-state index in [0.717, 1.165) is 28.1 Å². The Morgan fingerprint density at radius 1 is 1.11 bits per heavy atom. The number of benzene rings is 2. The number of hydrogen-bond donors (Lipinski definition) is 2. The Bertz CT molecular complexity index is 1070. The number of aromatic nitrogens is 2. The number of nitrogens with one attached hydrogen (secondary N) is 2. The van der Waals surface area contributed by atoms with Gasteiger partial charge in [0, 0.05) is 11.3 Å². The number of carbonyl (C=O) groups is 2. The molecule has 0 spiro atoms. The van der Waals surface area contributed by atoms with Gasteiger partial charge in [-0.2, -0.15) is 5.10 Å². The van der Waals surface area contributed by atoms with Gasteiger partial charge in [-0.1, -0.05) is 48.0 Å². The molecule has 1 aliphatic heterocycles. The van der Waals surface area contributed by atoms with Crippen LogP contribution in [0.25, 0.3) is 11.1 Å². The summed E-state index contributed by atoms with van der Waals surface area (Å²) in [7, 11) is 0. The molecular formula is C22H22N4O2. The van der Waals surface area contributed by atoms with Crippen LogP contribution in [0.1, 0.15) is 29.3 Å². The quantitative estimate of drug-likeness (QED) is 0.725. The summed E-state index contributed by atoms with van der Waals surface area (Å²) >= 11 is 0. The van der Waals surface area contributed by atoms with Crippen molar-refractivity contribution < 1.29 is 9.59 Å². The summed E-state index contributed by atoms with van der Waals surface area (Å²) < 4.78 is 1.64. The van der Waals surface area contributed by atoms with E-state index >= 15 is 0 Å². The molecule has 2 heterocycles. The van der Waals surface area contributed by atoms with Gasteiger partial charge in [0.15, 0.2) is 0 Å². The molecular weight excluding hydrogens is 352 g/mol. The molecule has 6 nitrogen and oxygen atoms in total. The first-order chi connectivity index (χ1) is 13.4. The van der Waals surface area contributed by atoms with E-state index in [9.17, 15) is 9.59 Å². The van der Waals surface area contributed by atoms with Crippen LogP contribution in [0.2, 0.25) is 0 Å². The molecule has 28 heavy (non-hydrogen) atoms. The van der Waals surface area contributed by atoms with Crippen LogP contribution >= 0.6 is 0 Å².